The Labute approximate surface area is 102 Å². The van der Waals surface area contributed by atoms with Crippen LogP contribution in [0.1, 0.15) is 25.8 Å². The van der Waals surface area contributed by atoms with E-state index in [1.165, 1.54) is 0 Å². The highest BCUT2D eigenvalue weighted by Crippen LogP contribution is 2.12. The standard InChI is InChI=1S/C13H19NO3/c1-10(2)17-13(16)14-12-7-3-5-11(9-12)6-4-8-15/h3,5,7,9-10,15H,4,6,8H2,1-2H3,(H,14,16). The minimum absolute atomic E-state index is 0.132. The molecule has 0 saturated carbocycles. The van der Waals surface area contributed by atoms with Crippen LogP contribution >= 0.6 is 0 Å². The first kappa shape index (κ1) is 13.5. The summed E-state index contributed by atoms with van der Waals surface area (Å²) in [6.07, 6.45) is 0.942. The van der Waals surface area contributed by atoms with Gasteiger partial charge in [0.25, 0.3) is 0 Å². The SMILES string of the molecule is CC(C)OC(=O)Nc1cccc(CCCO)c1. The van der Waals surface area contributed by atoms with E-state index in [1.54, 1.807) is 13.8 Å². The molecule has 0 aliphatic heterocycles. The van der Waals surface area contributed by atoms with Crippen molar-refractivity contribution in [2.45, 2.75) is 32.8 Å². The number of anilines is 1. The molecule has 4 heteroatoms. The second-order valence-electron chi connectivity index (χ2n) is 4.11. The third-order valence-corrected chi connectivity index (χ3v) is 2.14. The van der Waals surface area contributed by atoms with Crippen molar-refractivity contribution < 1.29 is 14.6 Å². The summed E-state index contributed by atoms with van der Waals surface area (Å²) in [5.74, 6) is 0. The number of benzene rings is 1. The first-order valence-corrected chi connectivity index (χ1v) is 5.79. The van der Waals surface area contributed by atoms with Gasteiger partial charge in [0.05, 0.1) is 6.10 Å². The molecule has 1 aromatic rings. The maximum absolute atomic E-state index is 11.4. The molecule has 0 heterocycles. The molecule has 94 valence electrons. The topological polar surface area (TPSA) is 58.6 Å². The Morgan fingerprint density at radius 1 is 1.47 bits per heavy atom. The number of rotatable bonds is 5. The third-order valence-electron chi connectivity index (χ3n) is 2.14. The highest BCUT2D eigenvalue weighted by molar-refractivity contribution is 5.84. The van der Waals surface area contributed by atoms with E-state index in [9.17, 15) is 4.79 Å². The fourth-order valence-electron chi connectivity index (χ4n) is 1.45. The number of aryl methyl sites for hydroxylation is 1. The van der Waals surface area contributed by atoms with E-state index in [0.29, 0.717) is 5.69 Å². The lowest BCUT2D eigenvalue weighted by molar-refractivity contribution is 0.130. The molecule has 0 atom stereocenters. The van der Waals surface area contributed by atoms with Crippen molar-refractivity contribution in [1.29, 1.82) is 0 Å². The molecule has 0 aromatic heterocycles. The van der Waals surface area contributed by atoms with Gasteiger partial charge in [-0.05, 0) is 44.4 Å². The molecule has 0 unspecified atom stereocenters. The van der Waals surface area contributed by atoms with Crippen LogP contribution < -0.4 is 5.32 Å². The smallest absolute Gasteiger partial charge is 0.411 e. The molecular formula is C13H19NO3. The normalized spacial score (nSPS) is 10.4. The second-order valence-corrected chi connectivity index (χ2v) is 4.11. The summed E-state index contributed by atoms with van der Waals surface area (Å²) in [6, 6.07) is 7.54. The van der Waals surface area contributed by atoms with E-state index >= 15 is 0 Å². The molecule has 4 nitrogen and oxygen atoms in total. The van der Waals surface area contributed by atoms with E-state index in [0.717, 1.165) is 18.4 Å². The number of hydrogen-bond acceptors (Lipinski definition) is 3. The van der Waals surface area contributed by atoms with Crippen molar-refractivity contribution in [3.8, 4) is 0 Å². The number of hydrogen-bond donors (Lipinski definition) is 2. The van der Waals surface area contributed by atoms with Crippen molar-refractivity contribution in [2.75, 3.05) is 11.9 Å². The van der Waals surface area contributed by atoms with Crippen LogP contribution in [0.25, 0.3) is 0 Å². The van der Waals surface area contributed by atoms with Crippen LogP contribution in [0.4, 0.5) is 10.5 Å². The first-order valence-electron chi connectivity index (χ1n) is 5.79. The van der Waals surface area contributed by atoms with Gasteiger partial charge < -0.3 is 9.84 Å². The quantitative estimate of drug-likeness (QED) is 0.827. The molecule has 0 aliphatic carbocycles. The lowest BCUT2D eigenvalue weighted by Gasteiger charge is -2.10. The van der Waals surface area contributed by atoms with Gasteiger partial charge in [-0.15, -0.1) is 0 Å². The van der Waals surface area contributed by atoms with Crippen LogP contribution in [0.15, 0.2) is 24.3 Å². The lowest BCUT2D eigenvalue weighted by atomic mass is 10.1. The number of carbonyl (C=O) groups is 1. The molecule has 1 aromatic carbocycles. The molecule has 0 saturated heterocycles. The van der Waals surface area contributed by atoms with Crippen LogP contribution in [0.2, 0.25) is 0 Å². The summed E-state index contributed by atoms with van der Waals surface area (Å²) in [4.78, 5) is 11.4. The Balaban J connectivity index is 2.56. The lowest BCUT2D eigenvalue weighted by Crippen LogP contribution is -2.18. The fraction of sp³-hybridized carbons (Fsp3) is 0.462. The largest absolute Gasteiger partial charge is 0.447 e. The molecule has 0 spiro atoms. The summed E-state index contributed by atoms with van der Waals surface area (Å²) in [5, 5.41) is 11.4. The Morgan fingerprint density at radius 2 is 2.24 bits per heavy atom. The summed E-state index contributed by atoms with van der Waals surface area (Å²) in [6.45, 7) is 3.78. The number of aliphatic hydroxyl groups is 1. The van der Waals surface area contributed by atoms with Gasteiger partial charge in [-0.1, -0.05) is 12.1 Å². The first-order chi connectivity index (χ1) is 8.11. The zero-order chi connectivity index (χ0) is 12.7. The number of nitrogens with one attached hydrogen (secondary N) is 1. The average molecular weight is 237 g/mol. The Kier molecular flexibility index (Phi) is 5.49. The van der Waals surface area contributed by atoms with Crippen molar-refractivity contribution in [1.82, 2.24) is 0 Å². The van der Waals surface area contributed by atoms with Crippen LogP contribution in [0.3, 0.4) is 0 Å². The molecular weight excluding hydrogens is 218 g/mol. The fourth-order valence-corrected chi connectivity index (χ4v) is 1.45. The van der Waals surface area contributed by atoms with Gasteiger partial charge in [0.15, 0.2) is 0 Å². The number of aliphatic hydroxyl groups excluding tert-OH is 1. The number of amides is 1. The van der Waals surface area contributed by atoms with E-state index in [1.807, 2.05) is 24.3 Å². The molecule has 0 fully saturated rings. The predicted molar refractivity (Wildman–Crippen MR) is 67.1 cm³/mol. The minimum Gasteiger partial charge on any atom is -0.447 e. The molecule has 0 radical (unpaired) electrons. The van der Waals surface area contributed by atoms with E-state index in [2.05, 4.69) is 5.32 Å². The molecule has 1 rings (SSSR count). The van der Waals surface area contributed by atoms with Gasteiger partial charge in [-0.3, -0.25) is 5.32 Å². The van der Waals surface area contributed by atoms with Crippen molar-refractivity contribution >= 4 is 11.8 Å². The highest BCUT2D eigenvalue weighted by Gasteiger charge is 2.05. The maximum atomic E-state index is 11.4. The minimum atomic E-state index is -0.445. The zero-order valence-corrected chi connectivity index (χ0v) is 10.3. The van der Waals surface area contributed by atoms with Gasteiger partial charge in [0, 0.05) is 12.3 Å². The van der Waals surface area contributed by atoms with Crippen LogP contribution in [0.5, 0.6) is 0 Å². The molecule has 2 N–H and O–H groups in total. The van der Waals surface area contributed by atoms with Gasteiger partial charge in [0.1, 0.15) is 0 Å². The third kappa shape index (κ3) is 5.36. The highest BCUT2D eigenvalue weighted by atomic mass is 16.6. The summed E-state index contributed by atoms with van der Waals surface area (Å²) < 4.78 is 4.99. The number of ether oxygens (including phenoxy) is 1. The molecule has 17 heavy (non-hydrogen) atoms. The van der Waals surface area contributed by atoms with E-state index < -0.39 is 6.09 Å². The Hall–Kier alpha value is -1.55. The summed E-state index contributed by atoms with van der Waals surface area (Å²) in [7, 11) is 0. The average Bonchev–Trinajstić information content (AvgIpc) is 2.25. The van der Waals surface area contributed by atoms with Crippen LogP contribution in [-0.2, 0) is 11.2 Å². The van der Waals surface area contributed by atoms with Crippen LogP contribution in [0, 0.1) is 0 Å². The monoisotopic (exact) mass is 237 g/mol. The van der Waals surface area contributed by atoms with Crippen molar-refractivity contribution in [3.63, 3.8) is 0 Å². The summed E-state index contributed by atoms with van der Waals surface area (Å²) in [5.41, 5.74) is 1.80. The van der Waals surface area contributed by atoms with Crippen molar-refractivity contribution in [2.24, 2.45) is 0 Å². The maximum Gasteiger partial charge on any atom is 0.411 e. The van der Waals surface area contributed by atoms with Gasteiger partial charge in [-0.2, -0.15) is 0 Å². The summed E-state index contributed by atoms with van der Waals surface area (Å²) >= 11 is 0. The molecule has 1 amide bonds. The van der Waals surface area contributed by atoms with Crippen molar-refractivity contribution in [3.05, 3.63) is 29.8 Å². The Morgan fingerprint density at radius 3 is 2.88 bits per heavy atom. The molecule has 0 aliphatic rings. The van der Waals surface area contributed by atoms with Crippen LogP contribution in [-0.4, -0.2) is 23.9 Å². The molecule has 0 bridgehead atoms. The van der Waals surface area contributed by atoms with E-state index in [-0.39, 0.29) is 12.7 Å². The zero-order valence-electron chi connectivity index (χ0n) is 10.3. The predicted octanol–water partition coefficient (Wildman–Crippen LogP) is 2.57. The van der Waals surface area contributed by atoms with Gasteiger partial charge in [-0.25, -0.2) is 4.79 Å². The Bertz CT molecular complexity index is 363. The van der Waals surface area contributed by atoms with Gasteiger partial charge in [0.2, 0.25) is 0 Å². The second kappa shape index (κ2) is 6.91. The van der Waals surface area contributed by atoms with Gasteiger partial charge >= 0.3 is 6.09 Å². The van der Waals surface area contributed by atoms with E-state index in [4.69, 9.17) is 9.84 Å². The number of carbonyl (C=O) groups excluding carboxylic acids is 1.